The third-order valence-electron chi connectivity index (χ3n) is 4.72. The number of hydrogen-bond donors (Lipinski definition) is 2. The molecule has 0 spiro atoms. The second-order valence-electron chi connectivity index (χ2n) is 6.54. The van der Waals surface area contributed by atoms with Crippen LogP contribution in [0.15, 0.2) is 58.9 Å². The fourth-order valence-electron chi connectivity index (χ4n) is 3.12. The van der Waals surface area contributed by atoms with Crippen LogP contribution in [0.3, 0.4) is 0 Å². The molecule has 0 radical (unpaired) electrons. The van der Waals surface area contributed by atoms with Crippen LogP contribution >= 0.6 is 0 Å². The quantitative estimate of drug-likeness (QED) is 0.663. The smallest absolute Gasteiger partial charge is 0.343 e. The highest BCUT2D eigenvalue weighted by Gasteiger charge is 2.15. The number of fused-ring (bicyclic) bond motifs is 1. The summed E-state index contributed by atoms with van der Waals surface area (Å²) in [7, 11) is 0. The summed E-state index contributed by atoms with van der Waals surface area (Å²) in [6.45, 7) is 0.123. The number of aromatic nitrogens is 3. The Bertz CT molecular complexity index is 1120. The standard InChI is InChI=1S/C20H18F2N4O3/c21-19(22)15(9-23)8-18-24-25-20(27)26(18)10-12-1-3-13(4-2-12)14-5-6-16-17(7-14)29-11-28-16/h1-7H,8-11,23H2,(H,25,27). The van der Waals surface area contributed by atoms with Gasteiger partial charge in [-0.3, -0.25) is 4.57 Å². The van der Waals surface area contributed by atoms with Crippen molar-refractivity contribution in [2.24, 2.45) is 5.73 Å². The second kappa shape index (κ2) is 7.88. The van der Waals surface area contributed by atoms with Gasteiger partial charge in [0.1, 0.15) is 5.82 Å². The van der Waals surface area contributed by atoms with E-state index in [4.69, 9.17) is 15.2 Å². The van der Waals surface area contributed by atoms with Gasteiger partial charge in [-0.2, -0.15) is 13.9 Å². The van der Waals surface area contributed by atoms with Crippen LogP contribution in [0.2, 0.25) is 0 Å². The minimum Gasteiger partial charge on any atom is -0.454 e. The van der Waals surface area contributed by atoms with Crippen molar-refractivity contribution >= 4 is 0 Å². The molecule has 0 atom stereocenters. The number of ether oxygens (including phenoxy) is 2. The van der Waals surface area contributed by atoms with Crippen molar-refractivity contribution in [2.45, 2.75) is 13.0 Å². The van der Waals surface area contributed by atoms with E-state index in [1.54, 1.807) is 0 Å². The first-order valence-electron chi connectivity index (χ1n) is 8.91. The molecular formula is C20H18F2N4O3. The topological polar surface area (TPSA) is 95.2 Å². The van der Waals surface area contributed by atoms with Gasteiger partial charge in [-0.05, 0) is 28.8 Å². The average molecular weight is 400 g/mol. The monoisotopic (exact) mass is 400 g/mol. The van der Waals surface area contributed by atoms with Crippen molar-refractivity contribution in [1.82, 2.24) is 14.8 Å². The summed E-state index contributed by atoms with van der Waals surface area (Å²) in [5.74, 6) is 1.63. The van der Waals surface area contributed by atoms with Crippen LogP contribution in [0, 0.1) is 0 Å². The lowest BCUT2D eigenvalue weighted by atomic mass is 10.0. The summed E-state index contributed by atoms with van der Waals surface area (Å²) in [6.07, 6.45) is -2.03. The summed E-state index contributed by atoms with van der Waals surface area (Å²) in [6, 6.07) is 13.3. The third kappa shape index (κ3) is 3.90. The van der Waals surface area contributed by atoms with Crippen molar-refractivity contribution < 1.29 is 18.3 Å². The molecule has 2 heterocycles. The maximum atomic E-state index is 12.9. The number of halogens is 2. The molecule has 0 fully saturated rings. The van der Waals surface area contributed by atoms with Gasteiger partial charge in [0.25, 0.3) is 6.08 Å². The molecule has 150 valence electrons. The lowest BCUT2D eigenvalue weighted by Crippen LogP contribution is -2.20. The number of nitrogens with zero attached hydrogens (tertiary/aromatic N) is 2. The highest BCUT2D eigenvalue weighted by Crippen LogP contribution is 2.35. The molecule has 0 aliphatic carbocycles. The number of hydrogen-bond acceptors (Lipinski definition) is 5. The van der Waals surface area contributed by atoms with E-state index in [9.17, 15) is 13.6 Å². The molecule has 9 heteroatoms. The second-order valence-corrected chi connectivity index (χ2v) is 6.54. The van der Waals surface area contributed by atoms with Gasteiger partial charge in [0, 0.05) is 18.5 Å². The lowest BCUT2D eigenvalue weighted by molar-refractivity contribution is 0.174. The Morgan fingerprint density at radius 2 is 1.83 bits per heavy atom. The van der Waals surface area contributed by atoms with Gasteiger partial charge in [0.15, 0.2) is 11.5 Å². The summed E-state index contributed by atoms with van der Waals surface area (Å²) in [5, 5.41) is 6.17. The van der Waals surface area contributed by atoms with Gasteiger partial charge in [-0.1, -0.05) is 30.3 Å². The zero-order chi connectivity index (χ0) is 20.4. The number of nitrogens with two attached hydrogens (primary N) is 1. The molecule has 2 aromatic carbocycles. The maximum Gasteiger partial charge on any atom is 0.343 e. The molecule has 3 aromatic rings. The normalized spacial score (nSPS) is 12.2. The third-order valence-corrected chi connectivity index (χ3v) is 4.72. The van der Waals surface area contributed by atoms with E-state index in [-0.39, 0.29) is 37.7 Å². The number of H-pyrrole nitrogens is 1. The predicted octanol–water partition coefficient (Wildman–Crippen LogP) is 2.67. The summed E-state index contributed by atoms with van der Waals surface area (Å²) in [4.78, 5) is 12.1. The van der Waals surface area contributed by atoms with Crippen LogP contribution in [0.25, 0.3) is 11.1 Å². The molecule has 29 heavy (non-hydrogen) atoms. The van der Waals surface area contributed by atoms with Crippen LogP contribution in [0.4, 0.5) is 8.78 Å². The molecule has 0 bridgehead atoms. The van der Waals surface area contributed by atoms with Crippen LogP contribution in [-0.2, 0) is 13.0 Å². The van der Waals surface area contributed by atoms with E-state index in [0.29, 0.717) is 11.5 Å². The van der Waals surface area contributed by atoms with E-state index in [0.717, 1.165) is 16.7 Å². The van der Waals surface area contributed by atoms with Gasteiger partial charge in [0.05, 0.1) is 6.54 Å². The van der Waals surface area contributed by atoms with Crippen LogP contribution < -0.4 is 20.9 Å². The molecule has 1 aromatic heterocycles. The van der Waals surface area contributed by atoms with Crippen molar-refractivity contribution in [1.29, 1.82) is 0 Å². The minimum atomic E-state index is -1.84. The van der Waals surface area contributed by atoms with Crippen molar-refractivity contribution in [3.8, 4) is 22.6 Å². The highest BCUT2D eigenvalue weighted by atomic mass is 19.3. The zero-order valence-corrected chi connectivity index (χ0v) is 15.3. The molecule has 3 N–H and O–H groups in total. The van der Waals surface area contributed by atoms with Crippen molar-refractivity contribution in [2.75, 3.05) is 13.3 Å². The fraction of sp³-hybridized carbons (Fsp3) is 0.200. The van der Waals surface area contributed by atoms with E-state index in [2.05, 4.69) is 10.2 Å². The zero-order valence-electron chi connectivity index (χ0n) is 15.3. The van der Waals surface area contributed by atoms with Crippen molar-refractivity contribution in [3.05, 3.63) is 76.0 Å². The lowest BCUT2D eigenvalue weighted by Gasteiger charge is -2.09. The molecule has 0 saturated carbocycles. The molecule has 0 amide bonds. The Balaban J connectivity index is 1.55. The maximum absolute atomic E-state index is 12.9. The Morgan fingerprint density at radius 3 is 2.55 bits per heavy atom. The van der Waals surface area contributed by atoms with Crippen LogP contribution in [-0.4, -0.2) is 28.1 Å². The number of rotatable bonds is 6. The van der Waals surface area contributed by atoms with E-state index < -0.39 is 11.8 Å². The van der Waals surface area contributed by atoms with Crippen LogP contribution in [0.5, 0.6) is 11.5 Å². The largest absolute Gasteiger partial charge is 0.454 e. The molecule has 7 nitrogen and oxygen atoms in total. The first kappa shape index (κ1) is 18.9. The first-order chi connectivity index (χ1) is 14.0. The summed E-state index contributed by atoms with van der Waals surface area (Å²) in [5.41, 5.74) is 7.42. The Hall–Kier alpha value is -3.46. The number of nitrogens with one attached hydrogen (secondary N) is 1. The molecule has 4 rings (SSSR count). The molecule has 0 saturated heterocycles. The predicted molar refractivity (Wildman–Crippen MR) is 102 cm³/mol. The first-order valence-corrected chi connectivity index (χ1v) is 8.91. The van der Waals surface area contributed by atoms with Gasteiger partial charge < -0.3 is 15.2 Å². The average Bonchev–Trinajstić information content (AvgIpc) is 3.33. The van der Waals surface area contributed by atoms with E-state index in [1.165, 1.54) is 4.57 Å². The molecule has 0 unspecified atom stereocenters. The summed E-state index contributed by atoms with van der Waals surface area (Å²) < 4.78 is 37.8. The Labute approximate surface area is 164 Å². The van der Waals surface area contributed by atoms with E-state index >= 15 is 0 Å². The SMILES string of the molecule is NCC(Cc1n[nH]c(=O)n1Cc1ccc(-c2ccc3c(c2)OCO3)cc1)=C(F)F. The number of aromatic amines is 1. The molecule has 1 aliphatic rings. The summed E-state index contributed by atoms with van der Waals surface area (Å²) >= 11 is 0. The molecule has 1 aliphatic heterocycles. The Kier molecular flexibility index (Phi) is 5.13. The van der Waals surface area contributed by atoms with Gasteiger partial charge in [-0.25, -0.2) is 9.89 Å². The highest BCUT2D eigenvalue weighted by molar-refractivity contribution is 5.67. The minimum absolute atomic E-state index is 0.188. The number of benzene rings is 2. The van der Waals surface area contributed by atoms with Gasteiger partial charge in [-0.15, -0.1) is 0 Å². The van der Waals surface area contributed by atoms with Crippen LogP contribution in [0.1, 0.15) is 11.4 Å². The Morgan fingerprint density at radius 1 is 1.10 bits per heavy atom. The van der Waals surface area contributed by atoms with Crippen molar-refractivity contribution in [3.63, 3.8) is 0 Å². The molecular weight excluding hydrogens is 382 g/mol. The van der Waals surface area contributed by atoms with E-state index in [1.807, 2.05) is 42.5 Å². The fourth-order valence-corrected chi connectivity index (χ4v) is 3.12. The van der Waals surface area contributed by atoms with Gasteiger partial charge >= 0.3 is 5.69 Å². The van der Waals surface area contributed by atoms with Gasteiger partial charge in [0.2, 0.25) is 6.79 Å².